The number of amides is 1. The summed E-state index contributed by atoms with van der Waals surface area (Å²) in [5, 5.41) is 16.1. The first-order chi connectivity index (χ1) is 14.2. The quantitative estimate of drug-likeness (QED) is 0.684. The van der Waals surface area contributed by atoms with E-state index in [4.69, 9.17) is 4.74 Å². The van der Waals surface area contributed by atoms with Gasteiger partial charge in [-0.1, -0.05) is 30.3 Å². The second-order valence-corrected chi connectivity index (χ2v) is 7.65. The number of benzene rings is 2. The lowest BCUT2D eigenvalue weighted by molar-refractivity contribution is -0.133. The highest BCUT2D eigenvalue weighted by Gasteiger charge is 2.36. The summed E-state index contributed by atoms with van der Waals surface area (Å²) in [6, 6.07) is 19.8. The summed E-state index contributed by atoms with van der Waals surface area (Å²) >= 11 is 0. The van der Waals surface area contributed by atoms with Gasteiger partial charge >= 0.3 is 0 Å². The molecule has 6 nitrogen and oxygen atoms in total. The molecule has 2 aromatic carbocycles. The highest BCUT2D eigenvalue weighted by atomic mass is 35.5. The minimum Gasteiger partial charge on any atom is -0.457 e. The normalized spacial score (nSPS) is 22.2. The van der Waals surface area contributed by atoms with Crippen molar-refractivity contribution in [1.82, 2.24) is 15.5 Å². The van der Waals surface area contributed by atoms with E-state index in [9.17, 15) is 10.1 Å². The molecule has 1 amide bonds. The third kappa shape index (κ3) is 6.34. The lowest BCUT2D eigenvalue weighted by Gasteiger charge is -2.23. The summed E-state index contributed by atoms with van der Waals surface area (Å²) in [5.74, 6) is 1.70. The van der Waals surface area contributed by atoms with E-state index in [0.29, 0.717) is 6.54 Å². The molecule has 0 bridgehead atoms. The van der Waals surface area contributed by atoms with Gasteiger partial charge in [0, 0.05) is 25.7 Å². The van der Waals surface area contributed by atoms with Crippen molar-refractivity contribution < 1.29 is 9.53 Å². The first-order valence-corrected chi connectivity index (χ1v) is 10.2. The maximum Gasteiger partial charge on any atom is 0.240 e. The third-order valence-corrected chi connectivity index (χ3v) is 5.61. The van der Waals surface area contributed by atoms with Gasteiger partial charge in [0.05, 0.1) is 12.1 Å². The number of carbonyl (C=O) groups is 1. The van der Waals surface area contributed by atoms with Crippen LogP contribution in [0.5, 0.6) is 11.5 Å². The van der Waals surface area contributed by atoms with Gasteiger partial charge in [0.2, 0.25) is 5.91 Å². The molecule has 0 radical (unpaired) electrons. The number of hydrogen-bond acceptors (Lipinski definition) is 5. The molecule has 3 atom stereocenters. The summed E-state index contributed by atoms with van der Waals surface area (Å²) in [7, 11) is 0. The number of halogens is 2. The molecule has 0 aromatic heterocycles. The molecule has 2 saturated heterocycles. The summed E-state index contributed by atoms with van der Waals surface area (Å²) in [5.41, 5.74) is 1.17. The highest BCUT2D eigenvalue weighted by molar-refractivity contribution is 5.85. The Kier molecular flexibility index (Phi) is 9.60. The molecule has 2 aliphatic heterocycles. The van der Waals surface area contributed by atoms with E-state index in [0.717, 1.165) is 43.9 Å². The lowest BCUT2D eigenvalue weighted by atomic mass is 10.1. The Morgan fingerprint density at radius 3 is 2.55 bits per heavy atom. The van der Waals surface area contributed by atoms with Crippen molar-refractivity contribution >= 4 is 30.7 Å². The van der Waals surface area contributed by atoms with Crippen LogP contribution in [0.1, 0.15) is 24.8 Å². The summed E-state index contributed by atoms with van der Waals surface area (Å²) in [6.07, 6.45) is 2.46. The number of hydrogen-bond donors (Lipinski definition) is 2. The van der Waals surface area contributed by atoms with Crippen LogP contribution in [-0.4, -0.2) is 42.0 Å². The van der Waals surface area contributed by atoms with Crippen LogP contribution in [-0.2, 0) is 11.3 Å². The number of nitrogens with zero attached hydrogens (tertiary/aromatic N) is 2. The topological polar surface area (TPSA) is 77.4 Å². The molecule has 4 rings (SSSR count). The fraction of sp³-hybridized carbons (Fsp3) is 0.391. The van der Waals surface area contributed by atoms with Gasteiger partial charge in [-0.3, -0.25) is 4.79 Å². The van der Waals surface area contributed by atoms with Crippen molar-refractivity contribution in [2.24, 2.45) is 0 Å². The van der Waals surface area contributed by atoms with Gasteiger partial charge in [-0.15, -0.1) is 24.8 Å². The Bertz CT molecular complexity index is 873. The van der Waals surface area contributed by atoms with Crippen molar-refractivity contribution in [3.05, 3.63) is 60.2 Å². The number of carbonyl (C=O) groups excluding carboxylic acids is 1. The average Bonchev–Trinajstić information content (AvgIpc) is 3.43. The third-order valence-electron chi connectivity index (χ3n) is 5.61. The van der Waals surface area contributed by atoms with Crippen LogP contribution in [0.2, 0.25) is 0 Å². The number of rotatable bonds is 6. The molecule has 2 N–H and O–H groups in total. The zero-order valence-corrected chi connectivity index (χ0v) is 18.8. The molecule has 2 aromatic rings. The highest BCUT2D eigenvalue weighted by Crippen LogP contribution is 2.22. The van der Waals surface area contributed by atoms with Crippen LogP contribution in [0.15, 0.2) is 54.6 Å². The van der Waals surface area contributed by atoms with E-state index in [1.54, 1.807) is 4.90 Å². The maximum atomic E-state index is 12.7. The van der Waals surface area contributed by atoms with Crippen LogP contribution in [0, 0.1) is 11.3 Å². The largest absolute Gasteiger partial charge is 0.457 e. The van der Waals surface area contributed by atoms with Crippen molar-refractivity contribution in [2.75, 3.05) is 13.1 Å². The van der Waals surface area contributed by atoms with Gasteiger partial charge < -0.3 is 20.3 Å². The van der Waals surface area contributed by atoms with Crippen LogP contribution in [0.25, 0.3) is 0 Å². The van der Waals surface area contributed by atoms with Crippen LogP contribution in [0.4, 0.5) is 0 Å². The van der Waals surface area contributed by atoms with Gasteiger partial charge in [0.25, 0.3) is 0 Å². The van der Waals surface area contributed by atoms with Gasteiger partial charge in [0.1, 0.15) is 17.5 Å². The lowest BCUT2D eigenvalue weighted by Crippen LogP contribution is -2.45. The molecule has 166 valence electrons. The predicted molar refractivity (Wildman–Crippen MR) is 125 cm³/mol. The van der Waals surface area contributed by atoms with Crippen molar-refractivity contribution in [3.63, 3.8) is 0 Å². The Morgan fingerprint density at radius 2 is 1.84 bits per heavy atom. The number of likely N-dealkylation sites (tertiary alicyclic amines) is 1. The Hall–Kier alpha value is -2.30. The molecule has 2 aliphatic rings. The monoisotopic (exact) mass is 462 g/mol. The molecule has 0 saturated carbocycles. The second kappa shape index (κ2) is 11.9. The van der Waals surface area contributed by atoms with E-state index in [2.05, 4.69) is 28.8 Å². The molecule has 2 heterocycles. The molecule has 1 unspecified atom stereocenters. The fourth-order valence-corrected chi connectivity index (χ4v) is 4.01. The van der Waals surface area contributed by atoms with Crippen LogP contribution < -0.4 is 15.4 Å². The van der Waals surface area contributed by atoms with Crippen LogP contribution in [0.3, 0.4) is 0 Å². The van der Waals surface area contributed by atoms with Crippen molar-refractivity contribution in [2.45, 2.75) is 43.9 Å². The minimum atomic E-state index is -0.257. The fourth-order valence-electron chi connectivity index (χ4n) is 4.01. The van der Waals surface area contributed by atoms with E-state index >= 15 is 0 Å². The van der Waals surface area contributed by atoms with Crippen molar-refractivity contribution in [1.29, 1.82) is 5.26 Å². The number of nitrogens with one attached hydrogen (secondary N) is 2. The molecule has 8 heteroatoms. The van der Waals surface area contributed by atoms with Gasteiger partial charge in [0.15, 0.2) is 0 Å². The minimum absolute atomic E-state index is 0. The van der Waals surface area contributed by atoms with E-state index in [-0.39, 0.29) is 48.8 Å². The Morgan fingerprint density at radius 1 is 1.13 bits per heavy atom. The standard InChI is InChI=1S/C23H26N4O2.2ClH/c24-14-19-5-4-12-27(19)23(28)22-13-18(16-26-22)25-15-17-8-10-21(11-9-17)29-20-6-2-1-3-7-20;;/h1-3,6-11,18-19,22,25-26H,4-5,12-13,15-16H2;2*1H/t18-,19?,22-;;/m0../s1. The summed E-state index contributed by atoms with van der Waals surface area (Å²) < 4.78 is 5.82. The second-order valence-electron chi connectivity index (χ2n) is 7.65. The first-order valence-electron chi connectivity index (χ1n) is 10.2. The number of para-hydroxylation sites is 1. The maximum absolute atomic E-state index is 12.7. The summed E-state index contributed by atoms with van der Waals surface area (Å²) in [6.45, 7) is 2.20. The Balaban J connectivity index is 0.00000171. The predicted octanol–water partition coefficient (Wildman–Crippen LogP) is 3.66. The van der Waals surface area contributed by atoms with Crippen LogP contribution >= 0.6 is 24.8 Å². The Labute approximate surface area is 195 Å². The molecule has 0 spiro atoms. The average molecular weight is 463 g/mol. The van der Waals surface area contributed by atoms with Gasteiger partial charge in [-0.05, 0) is 49.1 Å². The zero-order valence-electron chi connectivity index (χ0n) is 17.2. The van der Waals surface area contributed by atoms with E-state index in [1.807, 2.05) is 42.5 Å². The molecule has 2 fully saturated rings. The van der Waals surface area contributed by atoms with Gasteiger partial charge in [-0.25, -0.2) is 0 Å². The van der Waals surface area contributed by atoms with Gasteiger partial charge in [-0.2, -0.15) is 5.26 Å². The SMILES string of the molecule is Cl.Cl.N#CC1CCCN1C(=O)[C@@H]1C[C@H](NCc2ccc(Oc3ccccc3)cc2)CN1. The van der Waals surface area contributed by atoms with Crippen molar-refractivity contribution in [3.8, 4) is 17.6 Å². The molecular formula is C23H28Cl2N4O2. The number of ether oxygens (including phenoxy) is 1. The molecular weight excluding hydrogens is 435 g/mol. The molecule has 0 aliphatic carbocycles. The summed E-state index contributed by atoms with van der Waals surface area (Å²) in [4.78, 5) is 14.4. The smallest absolute Gasteiger partial charge is 0.240 e. The number of nitriles is 1. The zero-order chi connectivity index (χ0) is 20.1. The molecule has 31 heavy (non-hydrogen) atoms. The first kappa shape index (κ1) is 25.0. The van der Waals surface area contributed by atoms with E-state index in [1.165, 1.54) is 5.56 Å². The van der Waals surface area contributed by atoms with E-state index < -0.39 is 0 Å².